The normalized spacial score (nSPS) is 14.1. The Morgan fingerprint density at radius 1 is 1.22 bits per heavy atom. The molecule has 0 aliphatic heterocycles. The first-order valence-electron chi connectivity index (χ1n) is 6.32. The monoisotopic (exact) mass is 258 g/mol. The number of carbonyl (C=O) groups is 1. The van der Waals surface area contributed by atoms with Crippen molar-refractivity contribution >= 4 is 5.97 Å². The van der Waals surface area contributed by atoms with Crippen molar-refractivity contribution in [2.45, 2.75) is 71.7 Å². The summed E-state index contributed by atoms with van der Waals surface area (Å²) in [5, 5.41) is 0. The van der Waals surface area contributed by atoms with Gasteiger partial charge in [0.05, 0.1) is 5.60 Å². The molecule has 0 bridgehead atoms. The molecule has 0 aliphatic carbocycles. The van der Waals surface area contributed by atoms with Gasteiger partial charge in [0.2, 0.25) is 0 Å². The molecule has 0 radical (unpaired) electrons. The third-order valence-electron chi connectivity index (χ3n) is 2.61. The molecule has 0 rings (SSSR count). The molecule has 0 aromatic rings. The summed E-state index contributed by atoms with van der Waals surface area (Å²) in [5.74, 6) is -0.423. The molecule has 0 amide bonds. The van der Waals surface area contributed by atoms with Crippen LogP contribution in [0, 0.1) is 0 Å². The average Bonchev–Trinajstić information content (AvgIpc) is 2.26. The van der Waals surface area contributed by atoms with Gasteiger partial charge in [0.25, 0.3) is 0 Å². The van der Waals surface area contributed by atoms with E-state index < -0.39 is 11.6 Å². The summed E-state index contributed by atoms with van der Waals surface area (Å²) in [4.78, 5) is 21.9. The molecule has 1 unspecified atom stereocenters. The number of carbonyl (C=O) groups excluding carboxylic acids is 1. The van der Waals surface area contributed by atoms with Gasteiger partial charge in [-0.1, -0.05) is 13.5 Å². The van der Waals surface area contributed by atoms with Crippen LogP contribution in [0.2, 0.25) is 0 Å². The van der Waals surface area contributed by atoms with Crippen LogP contribution in [0.1, 0.15) is 54.4 Å². The first-order valence-corrected chi connectivity index (χ1v) is 6.32. The lowest BCUT2D eigenvalue weighted by Crippen LogP contribution is -2.35. The molecule has 0 saturated carbocycles. The molecular weight excluding hydrogens is 232 g/mol. The van der Waals surface area contributed by atoms with Gasteiger partial charge < -0.3 is 4.74 Å². The highest BCUT2D eigenvalue weighted by Crippen LogP contribution is 2.23. The first-order chi connectivity index (χ1) is 8.12. The van der Waals surface area contributed by atoms with E-state index in [1.54, 1.807) is 0 Å². The molecule has 4 heteroatoms. The summed E-state index contributed by atoms with van der Waals surface area (Å²) < 4.78 is 5.10. The summed E-state index contributed by atoms with van der Waals surface area (Å²) in [5.41, 5.74) is -0.842. The highest BCUT2D eigenvalue weighted by Gasteiger charge is 2.28. The summed E-state index contributed by atoms with van der Waals surface area (Å²) in [6, 6.07) is 0. The fourth-order valence-electron chi connectivity index (χ4n) is 1.30. The van der Waals surface area contributed by atoms with E-state index in [0.29, 0.717) is 6.42 Å². The molecule has 106 valence electrons. The molecule has 0 heterocycles. The van der Waals surface area contributed by atoms with E-state index in [-0.39, 0.29) is 11.7 Å². The average molecular weight is 258 g/mol. The lowest BCUT2D eigenvalue weighted by atomic mass is 10.0. The number of ether oxygens (including phenoxy) is 1. The quantitative estimate of drug-likeness (QED) is 0.290. The van der Waals surface area contributed by atoms with E-state index in [1.165, 1.54) is 0 Å². The number of rotatable bonds is 8. The van der Waals surface area contributed by atoms with Crippen molar-refractivity contribution in [2.24, 2.45) is 0 Å². The number of hydrogen-bond donors (Lipinski definition) is 0. The van der Waals surface area contributed by atoms with Crippen LogP contribution in [-0.4, -0.2) is 23.3 Å². The van der Waals surface area contributed by atoms with E-state index in [1.807, 2.05) is 41.5 Å². The highest BCUT2D eigenvalue weighted by atomic mass is 17.2. The highest BCUT2D eigenvalue weighted by molar-refractivity contribution is 5.81. The van der Waals surface area contributed by atoms with Gasteiger partial charge in [0.15, 0.2) is 0 Å². The molecule has 0 aliphatic rings. The van der Waals surface area contributed by atoms with Gasteiger partial charge in [0, 0.05) is 12.5 Å². The predicted octanol–water partition coefficient (Wildman–Crippen LogP) is 3.41. The molecule has 0 fully saturated rings. The van der Waals surface area contributed by atoms with Crippen LogP contribution < -0.4 is 0 Å². The fourth-order valence-corrected chi connectivity index (χ4v) is 1.30. The fraction of sp³-hybridized carbons (Fsp3) is 0.786. The zero-order chi connectivity index (χ0) is 14.4. The SMILES string of the molecule is C=CC(=O)OC(C)CC(C)(C)OOC(C)(C)CC. The largest absolute Gasteiger partial charge is 0.459 e. The minimum atomic E-state index is -0.521. The molecular formula is C14H26O4. The minimum absolute atomic E-state index is 0.251. The van der Waals surface area contributed by atoms with Gasteiger partial charge in [-0.25, -0.2) is 14.6 Å². The van der Waals surface area contributed by atoms with E-state index in [9.17, 15) is 4.79 Å². The van der Waals surface area contributed by atoms with Gasteiger partial charge in [-0.2, -0.15) is 0 Å². The number of esters is 1. The lowest BCUT2D eigenvalue weighted by Gasteiger charge is -2.31. The van der Waals surface area contributed by atoms with E-state index >= 15 is 0 Å². The standard InChI is InChI=1S/C14H26O4/c1-8-12(15)16-11(3)10-14(6,7)18-17-13(4,5)9-2/h8,11H,1,9-10H2,2-7H3. The van der Waals surface area contributed by atoms with Crippen LogP contribution in [0.4, 0.5) is 0 Å². The van der Waals surface area contributed by atoms with Crippen LogP contribution in [0.25, 0.3) is 0 Å². The molecule has 0 spiro atoms. The Kier molecular flexibility index (Phi) is 6.57. The third-order valence-corrected chi connectivity index (χ3v) is 2.61. The molecule has 4 nitrogen and oxygen atoms in total. The van der Waals surface area contributed by atoms with Crippen LogP contribution in [0.5, 0.6) is 0 Å². The van der Waals surface area contributed by atoms with Crippen molar-refractivity contribution in [1.82, 2.24) is 0 Å². The van der Waals surface area contributed by atoms with E-state index in [0.717, 1.165) is 12.5 Å². The second-order valence-electron chi connectivity index (χ2n) is 5.70. The molecule has 18 heavy (non-hydrogen) atoms. The minimum Gasteiger partial charge on any atom is -0.459 e. The van der Waals surface area contributed by atoms with Gasteiger partial charge >= 0.3 is 5.97 Å². The summed E-state index contributed by atoms with van der Waals surface area (Å²) in [7, 11) is 0. The summed E-state index contributed by atoms with van der Waals surface area (Å²) in [6.45, 7) is 14.9. The topological polar surface area (TPSA) is 44.8 Å². The van der Waals surface area contributed by atoms with Crippen molar-refractivity contribution in [3.63, 3.8) is 0 Å². The van der Waals surface area contributed by atoms with Crippen LogP contribution >= 0.6 is 0 Å². The Morgan fingerprint density at radius 3 is 2.17 bits per heavy atom. The molecule has 0 saturated heterocycles. The van der Waals surface area contributed by atoms with Crippen molar-refractivity contribution in [1.29, 1.82) is 0 Å². The zero-order valence-electron chi connectivity index (χ0n) is 12.4. The van der Waals surface area contributed by atoms with E-state index in [4.69, 9.17) is 14.5 Å². The molecule has 1 atom stereocenters. The Balaban J connectivity index is 4.21. The van der Waals surface area contributed by atoms with Crippen LogP contribution in [-0.2, 0) is 19.3 Å². The molecule has 0 aromatic heterocycles. The van der Waals surface area contributed by atoms with Crippen molar-refractivity contribution < 1.29 is 19.3 Å². The maximum atomic E-state index is 11.1. The second-order valence-corrected chi connectivity index (χ2v) is 5.70. The summed E-state index contributed by atoms with van der Waals surface area (Å²) >= 11 is 0. The van der Waals surface area contributed by atoms with Crippen LogP contribution in [0.15, 0.2) is 12.7 Å². The van der Waals surface area contributed by atoms with Gasteiger partial charge in [0.1, 0.15) is 11.7 Å². The van der Waals surface area contributed by atoms with Gasteiger partial charge in [-0.05, 0) is 41.0 Å². The molecule has 0 aromatic carbocycles. The predicted molar refractivity (Wildman–Crippen MR) is 71.0 cm³/mol. The Hall–Kier alpha value is -0.870. The van der Waals surface area contributed by atoms with Gasteiger partial charge in [-0.3, -0.25) is 0 Å². The first kappa shape index (κ1) is 17.1. The van der Waals surface area contributed by atoms with Gasteiger partial charge in [-0.15, -0.1) is 0 Å². The third kappa shape index (κ3) is 7.45. The molecule has 0 N–H and O–H groups in total. The zero-order valence-corrected chi connectivity index (χ0v) is 12.4. The Morgan fingerprint density at radius 2 is 1.72 bits per heavy atom. The summed E-state index contributed by atoms with van der Waals surface area (Å²) in [6.07, 6.45) is 2.30. The lowest BCUT2D eigenvalue weighted by molar-refractivity contribution is -0.403. The van der Waals surface area contributed by atoms with Crippen molar-refractivity contribution in [3.05, 3.63) is 12.7 Å². The van der Waals surface area contributed by atoms with E-state index in [2.05, 4.69) is 6.58 Å². The smallest absolute Gasteiger partial charge is 0.330 e. The van der Waals surface area contributed by atoms with Crippen LogP contribution in [0.3, 0.4) is 0 Å². The maximum Gasteiger partial charge on any atom is 0.330 e. The Labute approximate surface area is 110 Å². The Bertz CT molecular complexity index is 282. The van der Waals surface area contributed by atoms with Crippen molar-refractivity contribution in [3.8, 4) is 0 Å². The number of hydrogen-bond acceptors (Lipinski definition) is 4. The second kappa shape index (κ2) is 6.90. The van der Waals surface area contributed by atoms with Crippen molar-refractivity contribution in [2.75, 3.05) is 0 Å². The maximum absolute atomic E-state index is 11.1.